The number of aliphatic imine (C=N–C) groups is 1. The smallest absolute Gasteiger partial charge is 0.274 e. The Kier molecular flexibility index (Phi) is 7.08. The quantitative estimate of drug-likeness (QED) is 0.691. The third-order valence-electron chi connectivity index (χ3n) is 6.06. The number of alkyl halides is 1. The Morgan fingerprint density at radius 1 is 1.23 bits per heavy atom. The van der Waals surface area contributed by atoms with Crippen LogP contribution in [-0.4, -0.2) is 47.9 Å². The molecular formula is C27H28FN5O2. The van der Waals surface area contributed by atoms with Gasteiger partial charge in [0.15, 0.2) is 0 Å². The molecule has 8 heteroatoms. The average molecular weight is 474 g/mol. The Morgan fingerprint density at radius 3 is 2.71 bits per heavy atom. The highest BCUT2D eigenvalue weighted by Gasteiger charge is 2.22. The van der Waals surface area contributed by atoms with Gasteiger partial charge in [-0.15, -0.1) is 0 Å². The van der Waals surface area contributed by atoms with E-state index in [0.29, 0.717) is 55.4 Å². The van der Waals surface area contributed by atoms with E-state index in [2.05, 4.69) is 26.3 Å². The van der Waals surface area contributed by atoms with Crippen molar-refractivity contribution in [2.24, 2.45) is 4.99 Å². The Morgan fingerprint density at radius 2 is 2.00 bits per heavy atom. The summed E-state index contributed by atoms with van der Waals surface area (Å²) >= 11 is 0. The van der Waals surface area contributed by atoms with Crippen molar-refractivity contribution >= 4 is 23.0 Å². The summed E-state index contributed by atoms with van der Waals surface area (Å²) in [5.41, 5.74) is 2.98. The number of nitriles is 1. The van der Waals surface area contributed by atoms with Gasteiger partial charge in [0.05, 0.1) is 18.8 Å². The number of ether oxygens (including phenoxy) is 1. The molecule has 0 aliphatic carbocycles. The maximum absolute atomic E-state index is 14.3. The molecule has 1 fully saturated rings. The minimum absolute atomic E-state index is 0.144. The van der Waals surface area contributed by atoms with E-state index < -0.39 is 11.6 Å². The number of nitrogens with one attached hydrogen (secondary N) is 1. The molecule has 4 rings (SSSR count). The van der Waals surface area contributed by atoms with Crippen molar-refractivity contribution in [2.75, 3.05) is 31.6 Å². The number of nitrogens with zero attached hydrogens (tertiary/aromatic N) is 4. The molecule has 0 spiro atoms. The number of aromatic nitrogens is 1. The molecule has 0 radical (unpaired) electrons. The molecule has 2 aromatic rings. The maximum Gasteiger partial charge on any atom is 0.274 e. The van der Waals surface area contributed by atoms with Crippen LogP contribution in [0.1, 0.15) is 47.4 Å². The lowest BCUT2D eigenvalue weighted by Gasteiger charge is -2.29. The van der Waals surface area contributed by atoms with E-state index in [1.807, 2.05) is 31.2 Å². The molecule has 0 unspecified atom stereocenters. The number of hydrogen-bond donors (Lipinski definition) is 1. The van der Waals surface area contributed by atoms with Crippen molar-refractivity contribution < 1.29 is 13.9 Å². The first-order valence-corrected chi connectivity index (χ1v) is 11.5. The van der Waals surface area contributed by atoms with Crippen molar-refractivity contribution in [2.45, 2.75) is 32.9 Å². The molecular weight excluding hydrogens is 445 g/mol. The summed E-state index contributed by atoms with van der Waals surface area (Å²) in [4.78, 5) is 23.7. The molecule has 2 aliphatic heterocycles. The fraction of sp³-hybridized carbons (Fsp3) is 0.333. The molecule has 0 saturated carbocycles. The van der Waals surface area contributed by atoms with E-state index in [1.165, 1.54) is 26.1 Å². The Balaban J connectivity index is 1.59. The summed E-state index contributed by atoms with van der Waals surface area (Å²) in [5, 5.41) is 12.6. The number of pyridine rings is 1. The zero-order valence-electron chi connectivity index (χ0n) is 20.1. The standard InChI is InChI=1S/C27H28FN5O2/c1-18-4-7-22(32-26(34)24-14-21(8-9-30-24)27(2,3)28)15-23(18)20-6-5-19(16-29)25(31-17-20)33-10-12-35-13-11-33/h4-5,7-9,14-15,17H,6,10-13H2,1-3H3,(H,32,34). The number of hydrogen-bond acceptors (Lipinski definition) is 6. The molecule has 1 amide bonds. The number of halogens is 1. The molecule has 2 aliphatic rings. The highest BCUT2D eigenvalue weighted by molar-refractivity contribution is 6.04. The minimum Gasteiger partial charge on any atom is -0.378 e. The van der Waals surface area contributed by atoms with Gasteiger partial charge in [-0.1, -0.05) is 12.1 Å². The van der Waals surface area contributed by atoms with Crippen molar-refractivity contribution in [3.63, 3.8) is 0 Å². The lowest BCUT2D eigenvalue weighted by atomic mass is 9.97. The first kappa shape index (κ1) is 24.3. The van der Waals surface area contributed by atoms with Crippen LogP contribution >= 0.6 is 0 Å². The number of carbonyl (C=O) groups excluding carboxylic acids is 1. The first-order chi connectivity index (χ1) is 16.8. The van der Waals surface area contributed by atoms with Crippen LogP contribution in [0.2, 0.25) is 0 Å². The lowest BCUT2D eigenvalue weighted by Crippen LogP contribution is -2.41. The zero-order valence-corrected chi connectivity index (χ0v) is 20.1. The number of carbonyl (C=O) groups is 1. The summed E-state index contributed by atoms with van der Waals surface area (Å²) in [6, 6.07) is 10.9. The largest absolute Gasteiger partial charge is 0.378 e. The van der Waals surface area contributed by atoms with E-state index in [9.17, 15) is 14.4 Å². The number of morpholine rings is 1. The van der Waals surface area contributed by atoms with Gasteiger partial charge in [-0.2, -0.15) is 5.26 Å². The van der Waals surface area contributed by atoms with E-state index in [1.54, 1.807) is 12.3 Å². The molecule has 1 aromatic carbocycles. The van der Waals surface area contributed by atoms with Gasteiger partial charge in [0, 0.05) is 31.2 Å². The average Bonchev–Trinajstić information content (AvgIpc) is 3.08. The summed E-state index contributed by atoms with van der Waals surface area (Å²) in [6.07, 6.45) is 5.67. The fourth-order valence-electron chi connectivity index (χ4n) is 4.03. The van der Waals surface area contributed by atoms with E-state index in [4.69, 9.17) is 4.74 Å². The topological polar surface area (TPSA) is 90.6 Å². The molecule has 1 aromatic heterocycles. The van der Waals surface area contributed by atoms with Gasteiger partial charge in [-0.05, 0) is 73.7 Å². The van der Waals surface area contributed by atoms with E-state index >= 15 is 0 Å². The van der Waals surface area contributed by atoms with Crippen molar-refractivity contribution in [1.29, 1.82) is 5.26 Å². The zero-order chi connectivity index (χ0) is 25.0. The second-order valence-corrected chi connectivity index (χ2v) is 9.03. The van der Waals surface area contributed by atoms with Crippen LogP contribution in [0, 0.1) is 18.3 Å². The monoisotopic (exact) mass is 473 g/mol. The number of amides is 1. The first-order valence-electron chi connectivity index (χ1n) is 11.5. The fourth-order valence-corrected chi connectivity index (χ4v) is 4.03. The number of anilines is 1. The predicted molar refractivity (Wildman–Crippen MR) is 134 cm³/mol. The normalized spacial score (nSPS) is 16.4. The third kappa shape index (κ3) is 5.64. The van der Waals surface area contributed by atoms with Gasteiger partial charge in [0.1, 0.15) is 23.3 Å². The summed E-state index contributed by atoms with van der Waals surface area (Å²) < 4.78 is 19.7. The van der Waals surface area contributed by atoms with Crippen LogP contribution in [0.15, 0.2) is 59.4 Å². The number of amidine groups is 1. The summed E-state index contributed by atoms with van der Waals surface area (Å²) in [6.45, 7) is 7.46. The van der Waals surface area contributed by atoms with Gasteiger partial charge >= 0.3 is 0 Å². The predicted octanol–water partition coefficient (Wildman–Crippen LogP) is 4.77. The SMILES string of the molecule is Cc1ccc(NC(=O)c2cc(C(C)(C)F)ccn2)cc1C1=CN=C(N2CCOCC2)C(C#N)=CC1. The number of aryl methyl sites for hydroxylation is 1. The molecule has 7 nitrogen and oxygen atoms in total. The van der Waals surface area contributed by atoms with Crippen LogP contribution in [0.3, 0.4) is 0 Å². The van der Waals surface area contributed by atoms with E-state index in [0.717, 1.165) is 16.7 Å². The van der Waals surface area contributed by atoms with Crippen LogP contribution in [-0.2, 0) is 10.4 Å². The number of benzene rings is 1. The summed E-state index contributed by atoms with van der Waals surface area (Å²) in [7, 11) is 0. The van der Waals surface area contributed by atoms with Gasteiger partial charge in [0.25, 0.3) is 5.91 Å². The number of allylic oxidation sites excluding steroid dienone is 2. The molecule has 0 bridgehead atoms. The highest BCUT2D eigenvalue weighted by atomic mass is 19.1. The lowest BCUT2D eigenvalue weighted by molar-refractivity contribution is 0.0683. The Labute approximate surface area is 204 Å². The molecule has 0 atom stereocenters. The van der Waals surface area contributed by atoms with Crippen LogP contribution in [0.25, 0.3) is 5.57 Å². The van der Waals surface area contributed by atoms with Gasteiger partial charge in [-0.3, -0.25) is 9.78 Å². The van der Waals surface area contributed by atoms with Crippen LogP contribution in [0.4, 0.5) is 10.1 Å². The Hall–Kier alpha value is -3.83. The van der Waals surface area contributed by atoms with Crippen LogP contribution < -0.4 is 5.32 Å². The molecule has 1 saturated heterocycles. The maximum atomic E-state index is 14.3. The van der Waals surface area contributed by atoms with Gasteiger partial charge in [0.2, 0.25) is 0 Å². The number of rotatable bonds is 4. The second kappa shape index (κ2) is 10.2. The molecule has 180 valence electrons. The molecule has 3 heterocycles. The molecule has 35 heavy (non-hydrogen) atoms. The third-order valence-corrected chi connectivity index (χ3v) is 6.06. The van der Waals surface area contributed by atoms with E-state index in [-0.39, 0.29) is 5.69 Å². The van der Waals surface area contributed by atoms with Crippen molar-refractivity contribution in [3.8, 4) is 6.07 Å². The van der Waals surface area contributed by atoms with Gasteiger partial charge in [-0.25, -0.2) is 9.38 Å². The Bertz CT molecular complexity index is 1260. The van der Waals surface area contributed by atoms with Crippen molar-refractivity contribution in [3.05, 3.63) is 76.8 Å². The van der Waals surface area contributed by atoms with Gasteiger partial charge < -0.3 is 15.0 Å². The second-order valence-electron chi connectivity index (χ2n) is 9.03. The van der Waals surface area contributed by atoms with Crippen LogP contribution in [0.5, 0.6) is 0 Å². The van der Waals surface area contributed by atoms with Crippen molar-refractivity contribution in [1.82, 2.24) is 9.88 Å². The minimum atomic E-state index is -1.57. The summed E-state index contributed by atoms with van der Waals surface area (Å²) in [5.74, 6) is 0.245. The highest BCUT2D eigenvalue weighted by Crippen LogP contribution is 2.29. The molecule has 1 N–H and O–H groups in total.